The Balaban J connectivity index is 0.000000796. The molecular weight excluding hydrogens is 260 g/mol. The predicted octanol–water partition coefficient (Wildman–Crippen LogP) is -0.00510. The lowest BCUT2D eigenvalue weighted by Crippen LogP contribution is -2.31. The first-order chi connectivity index (χ1) is 9.60. The highest BCUT2D eigenvalue weighted by Gasteiger charge is 2.02. The van der Waals surface area contributed by atoms with E-state index in [-0.39, 0.29) is 0 Å². The van der Waals surface area contributed by atoms with Gasteiger partial charge in [0.05, 0.1) is 19.7 Å². The van der Waals surface area contributed by atoms with Gasteiger partial charge in [0.15, 0.2) is 0 Å². The van der Waals surface area contributed by atoms with E-state index in [1.165, 1.54) is 0 Å². The van der Waals surface area contributed by atoms with Crippen LogP contribution in [0.5, 0.6) is 0 Å². The zero-order chi connectivity index (χ0) is 15.2. The van der Waals surface area contributed by atoms with Crippen molar-refractivity contribution < 1.29 is 23.9 Å². The highest BCUT2D eigenvalue weighted by atomic mass is 16.5. The Bertz CT molecular complexity index is 349. The standard InChI is InChI=1S/C12H23N2O2.C2H4O2/c1-3-16-11-5-7-14-9-8-13(12-14)6-4-10-15-2;1-2(3)4/h8-9,12H,3-7,10-11H2,1-2H3;1H3,(H,3,4)/q+1;/p-1. The van der Waals surface area contributed by atoms with Gasteiger partial charge in [-0.25, -0.2) is 9.13 Å². The maximum Gasteiger partial charge on any atom is 0.243 e. The summed E-state index contributed by atoms with van der Waals surface area (Å²) in [4.78, 5) is 8.89. The lowest BCUT2D eigenvalue weighted by Gasteiger charge is -1.98. The molecule has 0 aliphatic heterocycles. The molecule has 0 fully saturated rings. The molecule has 6 heteroatoms. The maximum absolute atomic E-state index is 8.89. The zero-order valence-corrected chi connectivity index (χ0v) is 12.7. The molecule has 0 unspecified atom stereocenters. The Morgan fingerprint density at radius 2 is 2.05 bits per heavy atom. The number of hydrogen-bond donors (Lipinski definition) is 0. The minimum atomic E-state index is -1.08. The number of imidazole rings is 1. The summed E-state index contributed by atoms with van der Waals surface area (Å²) in [5, 5.41) is 8.89. The van der Waals surface area contributed by atoms with Crippen molar-refractivity contribution in [2.45, 2.75) is 39.8 Å². The molecule has 0 radical (unpaired) electrons. The van der Waals surface area contributed by atoms with Crippen molar-refractivity contribution in [2.75, 3.05) is 26.9 Å². The predicted molar refractivity (Wildman–Crippen MR) is 72.9 cm³/mol. The average Bonchev–Trinajstić information content (AvgIpc) is 2.82. The van der Waals surface area contributed by atoms with Gasteiger partial charge in [0, 0.05) is 39.1 Å². The molecule has 0 saturated carbocycles. The number of methoxy groups -OCH3 is 1. The van der Waals surface area contributed by atoms with E-state index in [4.69, 9.17) is 19.4 Å². The van der Waals surface area contributed by atoms with Crippen LogP contribution < -0.4 is 9.67 Å². The minimum absolute atomic E-state index is 0.808. The molecule has 116 valence electrons. The molecule has 0 amide bonds. The topological polar surface area (TPSA) is 67.4 Å². The van der Waals surface area contributed by atoms with Gasteiger partial charge in [-0.05, 0) is 13.8 Å². The first-order valence-electron chi connectivity index (χ1n) is 6.89. The van der Waals surface area contributed by atoms with Crippen molar-refractivity contribution in [1.29, 1.82) is 0 Å². The molecule has 0 aromatic carbocycles. The Hall–Kier alpha value is -1.40. The first-order valence-corrected chi connectivity index (χ1v) is 6.89. The molecule has 0 aliphatic rings. The fourth-order valence-electron chi connectivity index (χ4n) is 1.59. The SMILES string of the molecule is CC(=O)[O-].CCOCCCn1cc[n+](CCCOC)c1. The molecule has 1 heterocycles. The fraction of sp³-hybridized carbons (Fsp3) is 0.714. The molecule has 1 rings (SSSR count). The largest absolute Gasteiger partial charge is 0.550 e. The summed E-state index contributed by atoms with van der Waals surface area (Å²) in [6.07, 6.45) is 8.49. The third-order valence-electron chi connectivity index (χ3n) is 2.42. The Kier molecular flexibility index (Phi) is 11.7. The van der Waals surface area contributed by atoms with E-state index < -0.39 is 5.97 Å². The van der Waals surface area contributed by atoms with Crippen molar-refractivity contribution in [3.05, 3.63) is 18.7 Å². The van der Waals surface area contributed by atoms with Gasteiger partial charge in [0.25, 0.3) is 0 Å². The normalized spacial score (nSPS) is 9.95. The van der Waals surface area contributed by atoms with Gasteiger partial charge in [0.2, 0.25) is 6.33 Å². The van der Waals surface area contributed by atoms with Crippen molar-refractivity contribution in [1.82, 2.24) is 4.57 Å². The van der Waals surface area contributed by atoms with E-state index >= 15 is 0 Å². The molecule has 0 saturated heterocycles. The summed E-state index contributed by atoms with van der Waals surface area (Å²) >= 11 is 0. The molecule has 1 aromatic rings. The first kappa shape index (κ1) is 18.6. The van der Waals surface area contributed by atoms with Gasteiger partial charge < -0.3 is 19.4 Å². The second kappa shape index (κ2) is 12.6. The van der Waals surface area contributed by atoms with Crippen LogP contribution in [0.15, 0.2) is 18.7 Å². The van der Waals surface area contributed by atoms with Gasteiger partial charge >= 0.3 is 0 Å². The molecule has 0 bridgehead atoms. The van der Waals surface area contributed by atoms with Crippen molar-refractivity contribution in [3.63, 3.8) is 0 Å². The lowest BCUT2D eigenvalue weighted by atomic mass is 10.4. The van der Waals surface area contributed by atoms with Crippen molar-refractivity contribution in [3.8, 4) is 0 Å². The van der Waals surface area contributed by atoms with E-state index in [0.717, 1.165) is 52.7 Å². The number of aliphatic carboxylic acids is 1. The number of carbonyl (C=O) groups is 1. The third-order valence-corrected chi connectivity index (χ3v) is 2.42. The number of aryl methyl sites for hydroxylation is 2. The number of aromatic nitrogens is 2. The molecule has 1 aromatic heterocycles. The van der Waals surface area contributed by atoms with E-state index in [1.54, 1.807) is 7.11 Å². The number of rotatable bonds is 9. The van der Waals surface area contributed by atoms with Crippen molar-refractivity contribution in [2.24, 2.45) is 0 Å². The smallest absolute Gasteiger partial charge is 0.243 e. The van der Waals surface area contributed by atoms with Crippen LogP contribution in [0.2, 0.25) is 0 Å². The van der Waals surface area contributed by atoms with Crippen LogP contribution in [0.4, 0.5) is 0 Å². The van der Waals surface area contributed by atoms with Crippen LogP contribution in [-0.2, 0) is 27.4 Å². The summed E-state index contributed by atoms with van der Waals surface area (Å²) in [5.41, 5.74) is 0. The summed E-state index contributed by atoms with van der Waals surface area (Å²) < 4.78 is 14.7. The Morgan fingerprint density at radius 1 is 1.35 bits per heavy atom. The van der Waals surface area contributed by atoms with Crippen molar-refractivity contribution >= 4 is 5.97 Å². The van der Waals surface area contributed by atoms with Gasteiger partial charge in [-0.2, -0.15) is 0 Å². The van der Waals surface area contributed by atoms with Crippen LogP contribution in [0, 0.1) is 0 Å². The molecule has 0 aliphatic carbocycles. The van der Waals surface area contributed by atoms with Gasteiger partial charge in [-0.15, -0.1) is 0 Å². The Labute approximate surface area is 120 Å². The maximum atomic E-state index is 8.89. The number of carbonyl (C=O) groups excluding carboxylic acids is 1. The number of nitrogens with zero attached hydrogens (tertiary/aromatic N) is 2. The summed E-state index contributed by atoms with van der Waals surface area (Å²) in [6.45, 7) is 7.52. The van der Waals surface area contributed by atoms with Crippen LogP contribution in [-0.4, -0.2) is 37.5 Å². The van der Waals surface area contributed by atoms with Crippen LogP contribution in [0.3, 0.4) is 0 Å². The van der Waals surface area contributed by atoms with E-state index in [1.807, 2.05) is 6.92 Å². The van der Waals surface area contributed by atoms with E-state index in [9.17, 15) is 0 Å². The average molecular weight is 286 g/mol. The van der Waals surface area contributed by atoms with Crippen LogP contribution >= 0.6 is 0 Å². The van der Waals surface area contributed by atoms with Crippen LogP contribution in [0.25, 0.3) is 0 Å². The van der Waals surface area contributed by atoms with Gasteiger partial charge in [-0.1, -0.05) is 0 Å². The second-order valence-corrected chi connectivity index (χ2v) is 4.28. The molecule has 0 spiro atoms. The van der Waals surface area contributed by atoms with E-state index in [0.29, 0.717) is 0 Å². The molecule has 0 N–H and O–H groups in total. The highest BCUT2D eigenvalue weighted by Crippen LogP contribution is 1.91. The number of hydrogen-bond acceptors (Lipinski definition) is 4. The zero-order valence-electron chi connectivity index (χ0n) is 12.7. The number of carboxylic acid groups (broad SMARTS) is 1. The highest BCUT2D eigenvalue weighted by molar-refractivity contribution is 5.60. The van der Waals surface area contributed by atoms with Gasteiger partial charge in [-0.3, -0.25) is 0 Å². The molecular formula is C14H26N2O4. The monoisotopic (exact) mass is 286 g/mol. The fourth-order valence-corrected chi connectivity index (χ4v) is 1.59. The second-order valence-electron chi connectivity index (χ2n) is 4.28. The number of ether oxygens (including phenoxy) is 2. The number of carboxylic acids is 1. The molecule has 6 nitrogen and oxygen atoms in total. The summed E-state index contributed by atoms with van der Waals surface area (Å²) in [6, 6.07) is 0. The van der Waals surface area contributed by atoms with Crippen LogP contribution in [0.1, 0.15) is 26.7 Å². The van der Waals surface area contributed by atoms with Gasteiger partial charge in [0.1, 0.15) is 12.4 Å². The molecule has 0 atom stereocenters. The summed E-state index contributed by atoms with van der Waals surface area (Å²) in [5.74, 6) is -1.08. The minimum Gasteiger partial charge on any atom is -0.550 e. The Morgan fingerprint density at radius 3 is 2.65 bits per heavy atom. The quantitative estimate of drug-likeness (QED) is 0.473. The molecule has 20 heavy (non-hydrogen) atoms. The third kappa shape index (κ3) is 11.7. The summed E-state index contributed by atoms with van der Waals surface area (Å²) in [7, 11) is 1.74. The lowest BCUT2D eigenvalue weighted by molar-refractivity contribution is -0.697. The van der Waals surface area contributed by atoms with E-state index in [2.05, 4.69) is 27.9 Å².